The number of carbonyl (C=O) groups is 1. The van der Waals surface area contributed by atoms with Crippen molar-refractivity contribution in [3.63, 3.8) is 0 Å². The van der Waals surface area contributed by atoms with Gasteiger partial charge in [0, 0.05) is 5.69 Å². The van der Waals surface area contributed by atoms with Gasteiger partial charge in [-0.15, -0.1) is 0 Å². The number of amides is 1. The first-order valence-corrected chi connectivity index (χ1v) is 6.04. The van der Waals surface area contributed by atoms with Crippen LogP contribution in [0.4, 0.5) is 10.1 Å². The normalized spacial score (nSPS) is 10.3. The van der Waals surface area contributed by atoms with Crippen molar-refractivity contribution in [2.75, 3.05) is 5.73 Å². The molecule has 2 rings (SSSR count). The molecular weight excluding hydrogens is 259 g/mol. The lowest BCUT2D eigenvalue weighted by atomic mass is 10.1. The minimum absolute atomic E-state index is 0.147. The van der Waals surface area contributed by atoms with Crippen LogP contribution in [0.3, 0.4) is 0 Å². The van der Waals surface area contributed by atoms with Crippen molar-refractivity contribution in [3.8, 4) is 5.75 Å². The second-order valence-corrected chi connectivity index (χ2v) is 4.48. The van der Waals surface area contributed by atoms with E-state index in [1.807, 2.05) is 6.92 Å². The van der Waals surface area contributed by atoms with Gasteiger partial charge in [-0.05, 0) is 48.4 Å². The summed E-state index contributed by atoms with van der Waals surface area (Å²) in [6.45, 7) is 2.00. The van der Waals surface area contributed by atoms with Crippen LogP contribution in [0.25, 0.3) is 0 Å². The van der Waals surface area contributed by atoms with Crippen LogP contribution in [0.15, 0.2) is 36.4 Å². The predicted molar refractivity (Wildman–Crippen MR) is 74.8 cm³/mol. The maximum absolute atomic E-state index is 13.2. The largest absolute Gasteiger partial charge is 0.488 e. The molecule has 0 fully saturated rings. The number of benzene rings is 2. The van der Waals surface area contributed by atoms with E-state index >= 15 is 0 Å². The van der Waals surface area contributed by atoms with E-state index in [4.69, 9.17) is 16.2 Å². The van der Waals surface area contributed by atoms with Gasteiger partial charge in [0.15, 0.2) is 0 Å². The third-order valence-corrected chi connectivity index (χ3v) is 2.96. The van der Waals surface area contributed by atoms with Gasteiger partial charge in [0.2, 0.25) is 0 Å². The Hall–Kier alpha value is -2.56. The first-order chi connectivity index (χ1) is 9.47. The SMILES string of the molecule is Cc1ccc(F)cc1COc1ccc(N)cc1C(N)=O. The van der Waals surface area contributed by atoms with Crippen LogP contribution < -0.4 is 16.2 Å². The van der Waals surface area contributed by atoms with Crippen LogP contribution in [0.5, 0.6) is 5.75 Å². The molecule has 20 heavy (non-hydrogen) atoms. The molecule has 4 N–H and O–H groups in total. The Morgan fingerprint density at radius 1 is 1.25 bits per heavy atom. The number of hydrogen-bond donors (Lipinski definition) is 2. The van der Waals surface area contributed by atoms with Gasteiger partial charge in [-0.1, -0.05) is 6.07 Å². The zero-order valence-corrected chi connectivity index (χ0v) is 11.0. The Labute approximate surface area is 116 Å². The molecule has 0 atom stereocenters. The summed E-state index contributed by atoms with van der Waals surface area (Å²) in [5.74, 6) is -0.625. The predicted octanol–water partition coefficient (Wildman–Crippen LogP) is 2.39. The molecule has 0 saturated heterocycles. The minimum Gasteiger partial charge on any atom is -0.488 e. The van der Waals surface area contributed by atoms with E-state index < -0.39 is 5.91 Å². The molecule has 0 saturated carbocycles. The fourth-order valence-electron chi connectivity index (χ4n) is 1.82. The van der Waals surface area contributed by atoms with Crippen LogP contribution in [0.2, 0.25) is 0 Å². The van der Waals surface area contributed by atoms with E-state index in [0.717, 1.165) is 5.56 Å². The first-order valence-electron chi connectivity index (χ1n) is 6.04. The highest BCUT2D eigenvalue weighted by Crippen LogP contribution is 2.22. The fraction of sp³-hybridized carbons (Fsp3) is 0.133. The molecular formula is C15H15FN2O2. The van der Waals surface area contributed by atoms with Gasteiger partial charge >= 0.3 is 0 Å². The van der Waals surface area contributed by atoms with E-state index in [9.17, 15) is 9.18 Å². The average molecular weight is 274 g/mol. The van der Waals surface area contributed by atoms with E-state index in [0.29, 0.717) is 17.0 Å². The number of primary amides is 1. The second kappa shape index (κ2) is 5.61. The molecule has 0 spiro atoms. The highest BCUT2D eigenvalue weighted by molar-refractivity contribution is 5.96. The molecule has 0 radical (unpaired) electrons. The Morgan fingerprint density at radius 3 is 2.70 bits per heavy atom. The number of nitrogen functional groups attached to an aromatic ring is 1. The highest BCUT2D eigenvalue weighted by atomic mass is 19.1. The zero-order chi connectivity index (χ0) is 14.7. The van der Waals surface area contributed by atoms with Gasteiger partial charge in [-0.25, -0.2) is 4.39 Å². The zero-order valence-electron chi connectivity index (χ0n) is 11.0. The van der Waals surface area contributed by atoms with Crippen molar-refractivity contribution in [2.24, 2.45) is 5.73 Å². The summed E-state index contributed by atoms with van der Waals surface area (Å²) in [5.41, 5.74) is 13.1. The van der Waals surface area contributed by atoms with Gasteiger partial charge in [0.1, 0.15) is 18.2 Å². The molecule has 2 aromatic rings. The van der Waals surface area contributed by atoms with Crippen LogP contribution in [-0.4, -0.2) is 5.91 Å². The Bertz CT molecular complexity index is 656. The van der Waals surface area contributed by atoms with Crippen LogP contribution >= 0.6 is 0 Å². The minimum atomic E-state index is -0.622. The third kappa shape index (κ3) is 3.06. The Morgan fingerprint density at radius 2 is 2.00 bits per heavy atom. The number of ether oxygens (including phenoxy) is 1. The molecule has 104 valence electrons. The maximum atomic E-state index is 13.2. The second-order valence-electron chi connectivity index (χ2n) is 4.48. The van der Waals surface area contributed by atoms with E-state index in [1.165, 1.54) is 18.2 Å². The van der Waals surface area contributed by atoms with Crippen molar-refractivity contribution >= 4 is 11.6 Å². The summed E-state index contributed by atoms with van der Waals surface area (Å²) in [6, 6.07) is 9.10. The third-order valence-electron chi connectivity index (χ3n) is 2.96. The molecule has 1 amide bonds. The van der Waals surface area contributed by atoms with Crippen molar-refractivity contribution in [1.82, 2.24) is 0 Å². The monoisotopic (exact) mass is 274 g/mol. The number of halogens is 1. The molecule has 0 aliphatic carbocycles. The molecule has 0 bridgehead atoms. The van der Waals surface area contributed by atoms with E-state index in [1.54, 1.807) is 18.2 Å². The van der Waals surface area contributed by atoms with Crippen molar-refractivity contribution in [2.45, 2.75) is 13.5 Å². The lowest BCUT2D eigenvalue weighted by molar-refractivity contribution is 0.0996. The first kappa shape index (κ1) is 13.9. The van der Waals surface area contributed by atoms with Gasteiger partial charge in [0.05, 0.1) is 5.56 Å². The van der Waals surface area contributed by atoms with E-state index in [2.05, 4.69) is 0 Å². The molecule has 0 aliphatic heterocycles. The standard InChI is InChI=1S/C15H15FN2O2/c1-9-2-3-11(16)6-10(9)8-20-14-5-4-12(17)7-13(14)15(18)19/h2-7H,8,17H2,1H3,(H2,18,19). The molecule has 0 aliphatic rings. The highest BCUT2D eigenvalue weighted by Gasteiger charge is 2.11. The molecule has 0 heterocycles. The Kier molecular flexibility index (Phi) is 3.89. The quantitative estimate of drug-likeness (QED) is 0.840. The van der Waals surface area contributed by atoms with Gasteiger partial charge in [0.25, 0.3) is 5.91 Å². The summed E-state index contributed by atoms with van der Waals surface area (Å²) < 4.78 is 18.7. The summed E-state index contributed by atoms with van der Waals surface area (Å²) in [6.07, 6.45) is 0. The Balaban J connectivity index is 2.23. The number of nitrogens with two attached hydrogens (primary N) is 2. The summed E-state index contributed by atoms with van der Waals surface area (Å²) in [7, 11) is 0. The number of carbonyl (C=O) groups excluding carboxylic acids is 1. The molecule has 4 nitrogen and oxygen atoms in total. The lowest BCUT2D eigenvalue weighted by Crippen LogP contribution is -2.13. The summed E-state index contributed by atoms with van der Waals surface area (Å²) >= 11 is 0. The van der Waals surface area contributed by atoms with Crippen molar-refractivity contribution in [3.05, 3.63) is 58.9 Å². The molecule has 0 aromatic heterocycles. The number of anilines is 1. The molecule has 2 aromatic carbocycles. The van der Waals surface area contributed by atoms with E-state index in [-0.39, 0.29) is 18.0 Å². The van der Waals surface area contributed by atoms with Gasteiger partial charge in [-0.2, -0.15) is 0 Å². The van der Waals surface area contributed by atoms with Crippen LogP contribution in [-0.2, 0) is 6.61 Å². The summed E-state index contributed by atoms with van der Waals surface area (Å²) in [5, 5.41) is 0. The number of rotatable bonds is 4. The topological polar surface area (TPSA) is 78.3 Å². The maximum Gasteiger partial charge on any atom is 0.252 e. The average Bonchev–Trinajstić information content (AvgIpc) is 2.40. The van der Waals surface area contributed by atoms with Gasteiger partial charge < -0.3 is 16.2 Å². The van der Waals surface area contributed by atoms with Crippen LogP contribution in [0, 0.1) is 12.7 Å². The van der Waals surface area contributed by atoms with Crippen molar-refractivity contribution < 1.29 is 13.9 Å². The molecule has 0 unspecified atom stereocenters. The van der Waals surface area contributed by atoms with Crippen molar-refractivity contribution in [1.29, 1.82) is 0 Å². The number of hydrogen-bond acceptors (Lipinski definition) is 3. The van der Waals surface area contributed by atoms with Crippen LogP contribution in [0.1, 0.15) is 21.5 Å². The molecule has 5 heteroatoms. The van der Waals surface area contributed by atoms with Gasteiger partial charge in [-0.3, -0.25) is 4.79 Å². The number of aryl methyl sites for hydroxylation is 1. The lowest BCUT2D eigenvalue weighted by Gasteiger charge is -2.12. The smallest absolute Gasteiger partial charge is 0.252 e. The fourth-order valence-corrected chi connectivity index (χ4v) is 1.82. The summed E-state index contributed by atoms with van der Waals surface area (Å²) in [4.78, 5) is 11.3.